The van der Waals surface area contributed by atoms with Gasteiger partial charge >= 0.3 is 0 Å². The Morgan fingerprint density at radius 2 is 1.59 bits per heavy atom. The summed E-state index contributed by atoms with van der Waals surface area (Å²) in [7, 11) is 0. The fraction of sp³-hybridized carbons (Fsp3) is 0.440. The van der Waals surface area contributed by atoms with Crippen molar-refractivity contribution >= 4 is 46.8 Å². The Morgan fingerprint density at radius 3 is 2.16 bits per heavy atom. The van der Waals surface area contributed by atoms with Crippen LogP contribution in [0, 0.1) is 5.92 Å². The first-order chi connectivity index (χ1) is 15.3. The van der Waals surface area contributed by atoms with Crippen molar-refractivity contribution < 1.29 is 9.59 Å². The first kappa shape index (κ1) is 26.6. The minimum absolute atomic E-state index is 0.0109. The molecule has 2 aromatic rings. The van der Waals surface area contributed by atoms with Crippen LogP contribution >= 0.6 is 35.0 Å². The molecule has 0 spiro atoms. The van der Waals surface area contributed by atoms with Gasteiger partial charge in [-0.1, -0.05) is 56.1 Å². The molecule has 0 aliphatic heterocycles. The van der Waals surface area contributed by atoms with E-state index in [2.05, 4.69) is 19.2 Å². The quantitative estimate of drug-likeness (QED) is 0.272. The van der Waals surface area contributed by atoms with Crippen molar-refractivity contribution in [2.45, 2.75) is 57.5 Å². The summed E-state index contributed by atoms with van der Waals surface area (Å²) < 4.78 is 0. The van der Waals surface area contributed by atoms with Gasteiger partial charge in [0.2, 0.25) is 11.8 Å². The fourth-order valence-corrected chi connectivity index (χ4v) is 4.32. The van der Waals surface area contributed by atoms with Crippen LogP contribution in [0.4, 0.5) is 0 Å². The molecule has 1 N–H and O–H groups in total. The number of rotatable bonds is 12. The van der Waals surface area contributed by atoms with E-state index >= 15 is 0 Å². The summed E-state index contributed by atoms with van der Waals surface area (Å²) in [4.78, 5) is 28.9. The lowest BCUT2D eigenvalue weighted by Crippen LogP contribution is -2.49. The first-order valence-corrected chi connectivity index (χ1v) is 12.7. The van der Waals surface area contributed by atoms with Crippen LogP contribution in [0.15, 0.2) is 53.4 Å². The largest absolute Gasteiger partial charge is 0.354 e. The summed E-state index contributed by atoms with van der Waals surface area (Å²) in [6.07, 6.45) is 1.68. The number of amides is 2. The Kier molecular flexibility index (Phi) is 11.4. The minimum Gasteiger partial charge on any atom is -0.354 e. The monoisotopic (exact) mass is 494 g/mol. The number of thioether (sulfide) groups is 1. The topological polar surface area (TPSA) is 49.4 Å². The molecule has 0 radical (unpaired) electrons. The van der Waals surface area contributed by atoms with E-state index in [1.54, 1.807) is 16.7 Å². The van der Waals surface area contributed by atoms with Crippen molar-refractivity contribution in [3.63, 3.8) is 0 Å². The number of hydrogen-bond acceptors (Lipinski definition) is 3. The molecule has 0 bridgehead atoms. The molecule has 1 atom stereocenters. The van der Waals surface area contributed by atoms with E-state index in [0.29, 0.717) is 41.9 Å². The molecule has 0 aliphatic carbocycles. The summed E-state index contributed by atoms with van der Waals surface area (Å²) in [6, 6.07) is 14.6. The zero-order valence-electron chi connectivity index (χ0n) is 18.9. The lowest BCUT2D eigenvalue weighted by molar-refractivity contribution is -0.141. The van der Waals surface area contributed by atoms with Crippen molar-refractivity contribution in [2.75, 3.05) is 12.3 Å². The predicted molar refractivity (Wildman–Crippen MR) is 135 cm³/mol. The normalized spacial score (nSPS) is 11.9. The molecule has 174 valence electrons. The molecule has 0 saturated carbocycles. The van der Waals surface area contributed by atoms with E-state index in [4.69, 9.17) is 23.2 Å². The molecule has 7 heteroatoms. The van der Waals surface area contributed by atoms with Gasteiger partial charge in [-0.05, 0) is 66.5 Å². The van der Waals surface area contributed by atoms with E-state index < -0.39 is 6.04 Å². The zero-order chi connectivity index (χ0) is 23.5. The van der Waals surface area contributed by atoms with Gasteiger partial charge in [-0.15, -0.1) is 11.8 Å². The second-order valence-corrected chi connectivity index (χ2v) is 10.2. The summed E-state index contributed by atoms with van der Waals surface area (Å²) in [5, 5.41) is 4.35. The Balaban J connectivity index is 2.03. The van der Waals surface area contributed by atoms with Crippen LogP contribution in [0.25, 0.3) is 0 Å². The Hall–Kier alpha value is -1.69. The van der Waals surface area contributed by atoms with Crippen molar-refractivity contribution in [3.8, 4) is 0 Å². The number of carbonyl (C=O) groups excluding carboxylic acids is 2. The molecule has 2 rings (SSSR count). The molecule has 32 heavy (non-hydrogen) atoms. The summed E-state index contributed by atoms with van der Waals surface area (Å²) in [6.45, 7) is 7.02. The van der Waals surface area contributed by atoms with Crippen LogP contribution in [0.3, 0.4) is 0 Å². The molecule has 0 fully saturated rings. The first-order valence-electron chi connectivity index (χ1n) is 11.0. The van der Waals surface area contributed by atoms with Gasteiger partial charge in [-0.3, -0.25) is 9.59 Å². The van der Waals surface area contributed by atoms with Gasteiger partial charge in [-0.2, -0.15) is 0 Å². The van der Waals surface area contributed by atoms with E-state index in [0.717, 1.165) is 22.6 Å². The third-order valence-corrected chi connectivity index (χ3v) is 6.56. The molecule has 0 aromatic heterocycles. The maximum absolute atomic E-state index is 13.2. The van der Waals surface area contributed by atoms with Crippen molar-refractivity contribution in [1.82, 2.24) is 10.2 Å². The van der Waals surface area contributed by atoms with E-state index in [1.807, 2.05) is 55.5 Å². The minimum atomic E-state index is -0.499. The highest BCUT2D eigenvalue weighted by molar-refractivity contribution is 7.99. The van der Waals surface area contributed by atoms with E-state index in [1.165, 1.54) is 0 Å². The van der Waals surface area contributed by atoms with E-state index in [-0.39, 0.29) is 11.8 Å². The average Bonchev–Trinajstić information content (AvgIpc) is 2.77. The number of carbonyl (C=O) groups is 2. The Bertz CT molecular complexity index is 857. The third-order valence-electron chi connectivity index (χ3n) is 4.95. The highest BCUT2D eigenvalue weighted by Gasteiger charge is 2.28. The van der Waals surface area contributed by atoms with Gasteiger partial charge in [0.25, 0.3) is 0 Å². The van der Waals surface area contributed by atoms with Gasteiger partial charge in [0.05, 0.1) is 0 Å². The zero-order valence-corrected chi connectivity index (χ0v) is 21.3. The molecule has 2 amide bonds. The molecular weight excluding hydrogens is 463 g/mol. The summed E-state index contributed by atoms with van der Waals surface area (Å²) >= 11 is 13.6. The number of benzene rings is 2. The average molecular weight is 496 g/mol. The lowest BCUT2D eigenvalue weighted by Gasteiger charge is -2.31. The fourth-order valence-electron chi connectivity index (χ4n) is 3.22. The Labute approximate surface area is 206 Å². The maximum Gasteiger partial charge on any atom is 0.242 e. The smallest absolute Gasteiger partial charge is 0.242 e. The third kappa shape index (κ3) is 9.05. The predicted octanol–water partition coefficient (Wildman–Crippen LogP) is 6.45. The molecule has 0 aliphatic rings. The second kappa shape index (κ2) is 13.8. The molecule has 2 aromatic carbocycles. The highest BCUT2D eigenvalue weighted by Crippen LogP contribution is 2.22. The van der Waals surface area contributed by atoms with Gasteiger partial charge < -0.3 is 10.2 Å². The van der Waals surface area contributed by atoms with Crippen LogP contribution in [-0.2, 0) is 16.1 Å². The molecule has 4 nitrogen and oxygen atoms in total. The standard InChI is InChI=1S/C25H32Cl2N2O2S/c1-4-23(25(31)28-16-18(2)3)29(17-19-7-9-20(26)10-8-19)24(30)6-5-15-32-22-13-11-21(27)12-14-22/h7-14,18,23H,4-6,15-17H2,1-3H3,(H,28,31). The molecular formula is C25H32Cl2N2O2S. The second-order valence-electron chi connectivity index (χ2n) is 8.12. The summed E-state index contributed by atoms with van der Waals surface area (Å²) in [5.74, 6) is 1.06. The van der Waals surface area contributed by atoms with Gasteiger partial charge in [0, 0.05) is 34.5 Å². The van der Waals surface area contributed by atoms with E-state index in [9.17, 15) is 9.59 Å². The number of nitrogens with zero attached hydrogens (tertiary/aromatic N) is 1. The lowest BCUT2D eigenvalue weighted by atomic mass is 10.1. The van der Waals surface area contributed by atoms with Crippen molar-refractivity contribution in [2.24, 2.45) is 5.92 Å². The Morgan fingerprint density at radius 1 is 1.00 bits per heavy atom. The van der Waals surface area contributed by atoms with Crippen LogP contribution in [0.1, 0.15) is 45.6 Å². The van der Waals surface area contributed by atoms with Gasteiger partial charge in [0.1, 0.15) is 6.04 Å². The number of halogens is 2. The van der Waals surface area contributed by atoms with Crippen LogP contribution in [-0.4, -0.2) is 35.1 Å². The van der Waals surface area contributed by atoms with Gasteiger partial charge in [0.15, 0.2) is 0 Å². The van der Waals surface area contributed by atoms with Crippen molar-refractivity contribution in [1.29, 1.82) is 0 Å². The van der Waals surface area contributed by atoms with Gasteiger partial charge in [-0.25, -0.2) is 0 Å². The van der Waals surface area contributed by atoms with Crippen LogP contribution in [0.2, 0.25) is 10.0 Å². The summed E-state index contributed by atoms with van der Waals surface area (Å²) in [5.41, 5.74) is 0.952. The molecule has 0 heterocycles. The molecule has 0 saturated heterocycles. The van der Waals surface area contributed by atoms with Crippen LogP contribution in [0.5, 0.6) is 0 Å². The van der Waals surface area contributed by atoms with Crippen molar-refractivity contribution in [3.05, 3.63) is 64.1 Å². The molecule has 1 unspecified atom stereocenters. The number of nitrogens with one attached hydrogen (secondary N) is 1. The SMILES string of the molecule is CCC(C(=O)NCC(C)C)N(Cc1ccc(Cl)cc1)C(=O)CCCSc1ccc(Cl)cc1. The highest BCUT2D eigenvalue weighted by atomic mass is 35.5. The van der Waals surface area contributed by atoms with Crippen LogP contribution < -0.4 is 5.32 Å². The number of hydrogen-bond donors (Lipinski definition) is 1. The maximum atomic E-state index is 13.2.